The van der Waals surface area contributed by atoms with E-state index in [1.165, 1.54) is 25.0 Å². The highest BCUT2D eigenvalue weighted by molar-refractivity contribution is 5.68. The van der Waals surface area contributed by atoms with E-state index in [2.05, 4.69) is 28.0 Å². The summed E-state index contributed by atoms with van der Waals surface area (Å²) in [7, 11) is 0. The Bertz CT molecular complexity index is 968. The number of hydrogen-bond acceptors (Lipinski definition) is 4. The van der Waals surface area contributed by atoms with Gasteiger partial charge in [-0.05, 0) is 74.8 Å². The van der Waals surface area contributed by atoms with Crippen LogP contribution in [0.15, 0.2) is 54.7 Å². The van der Waals surface area contributed by atoms with E-state index < -0.39 is 0 Å². The molecule has 2 aromatic heterocycles. The molecule has 1 fully saturated rings. The standard InChI is InChI=1S/C23H28N4O/c1-17(2)16-28-20-9-6-18(7-10-20)23-21(15-26-12-4-3-5-13-26)27-14-19(24)8-11-22(27)25-23/h6-11,14H,1,3-5,12-13,15-16,24H2,2H3. The molecule has 3 heterocycles. The Labute approximate surface area is 166 Å². The van der Waals surface area contributed by atoms with Crippen LogP contribution in [0.2, 0.25) is 0 Å². The molecule has 0 saturated carbocycles. The molecule has 2 N–H and O–H groups in total. The number of piperidine rings is 1. The number of aromatic nitrogens is 2. The fourth-order valence-electron chi connectivity index (χ4n) is 3.74. The van der Waals surface area contributed by atoms with Gasteiger partial charge in [-0.3, -0.25) is 4.90 Å². The zero-order chi connectivity index (χ0) is 19.5. The number of nitrogen functional groups attached to an aromatic ring is 1. The van der Waals surface area contributed by atoms with Crippen LogP contribution in [0.5, 0.6) is 5.75 Å². The Balaban J connectivity index is 1.69. The van der Waals surface area contributed by atoms with E-state index in [4.69, 9.17) is 15.5 Å². The lowest BCUT2D eigenvalue weighted by molar-refractivity contribution is 0.218. The van der Waals surface area contributed by atoms with E-state index in [0.717, 1.165) is 53.5 Å². The molecule has 4 rings (SSSR count). The molecule has 146 valence electrons. The molecule has 0 radical (unpaired) electrons. The SMILES string of the molecule is C=C(C)COc1ccc(-c2nc3ccc(N)cn3c2CN2CCCCC2)cc1. The van der Waals surface area contributed by atoms with Crippen molar-refractivity contribution in [2.24, 2.45) is 0 Å². The quantitative estimate of drug-likeness (QED) is 0.643. The van der Waals surface area contributed by atoms with Crippen molar-refractivity contribution in [1.29, 1.82) is 0 Å². The Morgan fingerprint density at radius 2 is 1.86 bits per heavy atom. The number of benzene rings is 1. The minimum Gasteiger partial charge on any atom is -0.489 e. The first kappa shape index (κ1) is 18.6. The van der Waals surface area contributed by atoms with Crippen molar-refractivity contribution in [3.63, 3.8) is 0 Å². The molecule has 5 nitrogen and oxygen atoms in total. The van der Waals surface area contributed by atoms with E-state index in [1.807, 2.05) is 37.4 Å². The van der Waals surface area contributed by atoms with Crippen LogP contribution in [0.3, 0.4) is 0 Å². The van der Waals surface area contributed by atoms with Crippen molar-refractivity contribution >= 4 is 11.3 Å². The summed E-state index contributed by atoms with van der Waals surface area (Å²) < 4.78 is 7.88. The van der Waals surface area contributed by atoms with Crippen molar-refractivity contribution < 1.29 is 4.74 Å². The molecule has 0 spiro atoms. The lowest BCUT2D eigenvalue weighted by Crippen LogP contribution is -2.29. The van der Waals surface area contributed by atoms with E-state index in [0.29, 0.717) is 6.61 Å². The number of anilines is 1. The van der Waals surface area contributed by atoms with Crippen molar-refractivity contribution in [3.05, 3.63) is 60.4 Å². The Morgan fingerprint density at radius 3 is 2.57 bits per heavy atom. The second-order valence-electron chi connectivity index (χ2n) is 7.70. The maximum atomic E-state index is 6.07. The van der Waals surface area contributed by atoms with E-state index in [-0.39, 0.29) is 0 Å². The molecule has 1 saturated heterocycles. The normalized spacial score (nSPS) is 15.0. The third kappa shape index (κ3) is 4.04. The van der Waals surface area contributed by atoms with Gasteiger partial charge < -0.3 is 14.9 Å². The topological polar surface area (TPSA) is 55.8 Å². The summed E-state index contributed by atoms with van der Waals surface area (Å²) in [6.07, 6.45) is 5.84. The van der Waals surface area contributed by atoms with E-state index in [1.54, 1.807) is 0 Å². The summed E-state index contributed by atoms with van der Waals surface area (Å²) in [5.41, 5.74) is 12.1. The van der Waals surface area contributed by atoms with E-state index >= 15 is 0 Å². The molecule has 3 aromatic rings. The number of pyridine rings is 1. The van der Waals surface area contributed by atoms with E-state index in [9.17, 15) is 0 Å². The summed E-state index contributed by atoms with van der Waals surface area (Å²) in [4.78, 5) is 7.44. The van der Waals surface area contributed by atoms with Gasteiger partial charge in [0.1, 0.15) is 18.0 Å². The summed E-state index contributed by atoms with van der Waals surface area (Å²) in [5.74, 6) is 0.845. The molecule has 0 aliphatic carbocycles. The maximum Gasteiger partial charge on any atom is 0.137 e. The van der Waals surface area contributed by atoms with Gasteiger partial charge in [0, 0.05) is 24.0 Å². The monoisotopic (exact) mass is 376 g/mol. The number of nitrogens with zero attached hydrogens (tertiary/aromatic N) is 3. The smallest absolute Gasteiger partial charge is 0.137 e. The van der Waals surface area contributed by atoms with Gasteiger partial charge in [0.25, 0.3) is 0 Å². The lowest BCUT2D eigenvalue weighted by atomic mass is 10.1. The molecule has 0 amide bonds. The highest BCUT2D eigenvalue weighted by Crippen LogP contribution is 2.29. The average Bonchev–Trinajstić information content (AvgIpc) is 3.05. The number of hydrogen-bond donors (Lipinski definition) is 1. The predicted octanol–water partition coefficient (Wildman–Crippen LogP) is 4.52. The molecule has 1 aliphatic heterocycles. The summed E-state index contributed by atoms with van der Waals surface area (Å²) in [6, 6.07) is 12.1. The molecule has 28 heavy (non-hydrogen) atoms. The van der Waals surface area contributed by atoms with Crippen molar-refractivity contribution in [3.8, 4) is 17.0 Å². The lowest BCUT2D eigenvalue weighted by Gasteiger charge is -2.26. The molecule has 1 aliphatic rings. The van der Waals surface area contributed by atoms with Crippen LogP contribution in [0.25, 0.3) is 16.9 Å². The van der Waals surface area contributed by atoms with Crippen LogP contribution in [-0.2, 0) is 6.54 Å². The van der Waals surface area contributed by atoms with Crippen molar-refractivity contribution in [2.75, 3.05) is 25.4 Å². The van der Waals surface area contributed by atoms with Gasteiger partial charge >= 0.3 is 0 Å². The van der Waals surface area contributed by atoms with Crippen LogP contribution < -0.4 is 10.5 Å². The third-order valence-corrected chi connectivity index (χ3v) is 5.18. The van der Waals surface area contributed by atoms with Gasteiger partial charge in [0.15, 0.2) is 0 Å². The first-order valence-electron chi connectivity index (χ1n) is 9.96. The summed E-state index contributed by atoms with van der Waals surface area (Å²) >= 11 is 0. The van der Waals surface area contributed by atoms with Crippen LogP contribution in [-0.4, -0.2) is 34.0 Å². The van der Waals surface area contributed by atoms with Crippen LogP contribution >= 0.6 is 0 Å². The number of likely N-dealkylation sites (tertiary alicyclic amines) is 1. The second-order valence-corrected chi connectivity index (χ2v) is 7.70. The van der Waals surface area contributed by atoms with Crippen LogP contribution in [0.4, 0.5) is 5.69 Å². The summed E-state index contributed by atoms with van der Waals surface area (Å²) in [5, 5.41) is 0. The fraction of sp³-hybridized carbons (Fsp3) is 0.348. The number of rotatable bonds is 6. The average molecular weight is 377 g/mol. The number of fused-ring (bicyclic) bond motifs is 1. The highest BCUT2D eigenvalue weighted by atomic mass is 16.5. The molecular weight excluding hydrogens is 348 g/mol. The van der Waals surface area contributed by atoms with Gasteiger partial charge in [-0.25, -0.2) is 4.98 Å². The van der Waals surface area contributed by atoms with Crippen LogP contribution in [0, 0.1) is 0 Å². The fourth-order valence-corrected chi connectivity index (χ4v) is 3.74. The minimum absolute atomic E-state index is 0.535. The van der Waals surface area contributed by atoms with Gasteiger partial charge in [-0.15, -0.1) is 0 Å². The Hall–Kier alpha value is -2.79. The molecule has 5 heteroatoms. The molecule has 0 unspecified atom stereocenters. The first-order chi connectivity index (χ1) is 13.6. The third-order valence-electron chi connectivity index (χ3n) is 5.18. The molecule has 0 bridgehead atoms. The van der Waals surface area contributed by atoms with Gasteiger partial charge in [0.2, 0.25) is 0 Å². The predicted molar refractivity (Wildman–Crippen MR) is 114 cm³/mol. The van der Waals surface area contributed by atoms with Crippen molar-refractivity contribution in [1.82, 2.24) is 14.3 Å². The number of ether oxygens (including phenoxy) is 1. The van der Waals surface area contributed by atoms with Gasteiger partial charge in [-0.2, -0.15) is 0 Å². The first-order valence-corrected chi connectivity index (χ1v) is 9.96. The highest BCUT2D eigenvalue weighted by Gasteiger charge is 2.19. The summed E-state index contributed by atoms with van der Waals surface area (Å²) in [6.45, 7) is 9.54. The number of nitrogens with two attached hydrogens (primary N) is 1. The largest absolute Gasteiger partial charge is 0.489 e. The Morgan fingerprint density at radius 1 is 1.11 bits per heavy atom. The Kier molecular flexibility index (Phi) is 5.35. The molecular formula is C23H28N4O. The minimum atomic E-state index is 0.535. The number of imidazole rings is 1. The zero-order valence-corrected chi connectivity index (χ0v) is 16.5. The second kappa shape index (κ2) is 8.07. The van der Waals surface area contributed by atoms with Gasteiger partial charge in [0.05, 0.1) is 11.4 Å². The van der Waals surface area contributed by atoms with Crippen molar-refractivity contribution in [2.45, 2.75) is 32.7 Å². The van der Waals surface area contributed by atoms with Gasteiger partial charge in [-0.1, -0.05) is 13.0 Å². The molecule has 0 atom stereocenters. The molecule has 1 aromatic carbocycles. The zero-order valence-electron chi connectivity index (χ0n) is 16.5. The van der Waals surface area contributed by atoms with Crippen LogP contribution in [0.1, 0.15) is 31.9 Å². The maximum absolute atomic E-state index is 6.07.